The smallest absolute Gasteiger partial charge is 0.269 e. The van der Waals surface area contributed by atoms with Gasteiger partial charge in [0, 0.05) is 34.0 Å². The SMILES string of the molecule is O=C(NC[C@@H]1CCCO1)c1[nH]c2ccccc2c1Sc1ccc(Cl)cc1. The number of fused-ring (bicyclic) bond motifs is 1. The second-order valence-electron chi connectivity index (χ2n) is 6.28. The first-order valence-electron chi connectivity index (χ1n) is 8.64. The quantitative estimate of drug-likeness (QED) is 0.657. The summed E-state index contributed by atoms with van der Waals surface area (Å²) in [5, 5.41) is 4.74. The second-order valence-corrected chi connectivity index (χ2v) is 7.80. The lowest BCUT2D eigenvalue weighted by molar-refractivity contribution is 0.0852. The van der Waals surface area contributed by atoms with Crippen molar-refractivity contribution in [2.75, 3.05) is 13.2 Å². The minimum Gasteiger partial charge on any atom is -0.376 e. The van der Waals surface area contributed by atoms with E-state index in [0.29, 0.717) is 17.3 Å². The van der Waals surface area contributed by atoms with Gasteiger partial charge in [-0.1, -0.05) is 41.6 Å². The number of hydrogen-bond acceptors (Lipinski definition) is 3. The number of aromatic nitrogens is 1. The Bertz CT molecular complexity index is 917. The van der Waals surface area contributed by atoms with Crippen molar-refractivity contribution in [2.24, 2.45) is 0 Å². The van der Waals surface area contributed by atoms with Gasteiger partial charge in [0.25, 0.3) is 5.91 Å². The van der Waals surface area contributed by atoms with E-state index >= 15 is 0 Å². The highest BCUT2D eigenvalue weighted by molar-refractivity contribution is 7.99. The molecule has 1 aliphatic rings. The number of nitrogens with one attached hydrogen (secondary N) is 2. The zero-order chi connectivity index (χ0) is 17.9. The van der Waals surface area contributed by atoms with E-state index in [9.17, 15) is 4.79 Å². The summed E-state index contributed by atoms with van der Waals surface area (Å²) in [5.74, 6) is -0.104. The highest BCUT2D eigenvalue weighted by Gasteiger charge is 2.21. The first kappa shape index (κ1) is 17.5. The average molecular weight is 387 g/mol. The maximum absolute atomic E-state index is 12.8. The summed E-state index contributed by atoms with van der Waals surface area (Å²) in [6.45, 7) is 1.32. The fourth-order valence-electron chi connectivity index (χ4n) is 3.10. The second kappa shape index (κ2) is 7.74. The molecule has 2 heterocycles. The van der Waals surface area contributed by atoms with Crippen LogP contribution in [0.4, 0.5) is 0 Å². The van der Waals surface area contributed by atoms with Crippen LogP contribution in [-0.2, 0) is 4.74 Å². The van der Waals surface area contributed by atoms with Crippen molar-refractivity contribution in [2.45, 2.75) is 28.7 Å². The Balaban J connectivity index is 1.62. The number of aromatic amines is 1. The zero-order valence-corrected chi connectivity index (χ0v) is 15.7. The molecule has 0 saturated carbocycles. The fourth-order valence-corrected chi connectivity index (χ4v) is 4.27. The Labute approximate surface area is 161 Å². The average Bonchev–Trinajstić information content (AvgIpc) is 3.30. The molecule has 0 unspecified atom stereocenters. The molecule has 1 saturated heterocycles. The molecule has 2 N–H and O–H groups in total. The number of carbonyl (C=O) groups excluding carboxylic acids is 1. The Kier molecular flexibility index (Phi) is 5.20. The van der Waals surface area contributed by atoms with E-state index in [0.717, 1.165) is 40.1 Å². The van der Waals surface area contributed by atoms with Crippen molar-refractivity contribution in [1.29, 1.82) is 0 Å². The van der Waals surface area contributed by atoms with Gasteiger partial charge in [0.05, 0.1) is 11.0 Å². The summed E-state index contributed by atoms with van der Waals surface area (Å²) in [6, 6.07) is 15.6. The predicted octanol–water partition coefficient (Wildman–Crippen LogP) is 4.88. The van der Waals surface area contributed by atoms with Crippen LogP contribution in [-0.4, -0.2) is 30.1 Å². The van der Waals surface area contributed by atoms with Gasteiger partial charge >= 0.3 is 0 Å². The molecule has 0 radical (unpaired) electrons. The van der Waals surface area contributed by atoms with E-state index in [1.54, 1.807) is 11.8 Å². The first-order chi connectivity index (χ1) is 12.7. The third kappa shape index (κ3) is 3.75. The topological polar surface area (TPSA) is 54.1 Å². The molecule has 0 aliphatic carbocycles. The maximum atomic E-state index is 12.8. The number of H-pyrrole nitrogens is 1. The summed E-state index contributed by atoms with van der Waals surface area (Å²) in [4.78, 5) is 18.0. The molecule has 0 bridgehead atoms. The number of benzene rings is 2. The lowest BCUT2D eigenvalue weighted by Gasteiger charge is -2.11. The minimum absolute atomic E-state index is 0.104. The van der Waals surface area contributed by atoms with E-state index in [2.05, 4.69) is 10.3 Å². The molecule has 1 aliphatic heterocycles. The molecule has 0 spiro atoms. The largest absolute Gasteiger partial charge is 0.376 e. The molecule has 2 aromatic carbocycles. The van der Waals surface area contributed by atoms with Gasteiger partial charge in [0.15, 0.2) is 0 Å². The first-order valence-corrected chi connectivity index (χ1v) is 9.84. The van der Waals surface area contributed by atoms with Gasteiger partial charge in [-0.05, 0) is 43.2 Å². The van der Waals surface area contributed by atoms with Crippen LogP contribution in [0, 0.1) is 0 Å². The van der Waals surface area contributed by atoms with Gasteiger partial charge in [0.2, 0.25) is 0 Å². The van der Waals surface area contributed by atoms with Crippen molar-refractivity contribution in [1.82, 2.24) is 10.3 Å². The molecular formula is C20H19ClN2O2S. The molecule has 4 rings (SSSR count). The van der Waals surface area contributed by atoms with Gasteiger partial charge in [-0.15, -0.1) is 0 Å². The molecule has 3 aromatic rings. The molecule has 4 nitrogen and oxygen atoms in total. The molecule has 1 fully saturated rings. The number of carbonyl (C=O) groups is 1. The van der Waals surface area contributed by atoms with Crippen LogP contribution < -0.4 is 5.32 Å². The summed E-state index contributed by atoms with van der Waals surface area (Å²) >= 11 is 7.55. The molecule has 1 amide bonds. The fraction of sp³-hybridized carbons (Fsp3) is 0.250. The monoisotopic (exact) mass is 386 g/mol. The highest BCUT2D eigenvalue weighted by Crippen LogP contribution is 2.37. The van der Waals surface area contributed by atoms with Crippen LogP contribution >= 0.6 is 23.4 Å². The summed E-state index contributed by atoms with van der Waals surface area (Å²) in [7, 11) is 0. The third-order valence-electron chi connectivity index (χ3n) is 4.43. The number of halogens is 1. The maximum Gasteiger partial charge on any atom is 0.269 e. The van der Waals surface area contributed by atoms with Crippen molar-refractivity contribution in [3.63, 3.8) is 0 Å². The van der Waals surface area contributed by atoms with Crippen LogP contribution in [0.25, 0.3) is 10.9 Å². The van der Waals surface area contributed by atoms with Crippen molar-refractivity contribution in [3.8, 4) is 0 Å². The lowest BCUT2D eigenvalue weighted by atomic mass is 10.2. The normalized spacial score (nSPS) is 16.9. The molecule has 26 heavy (non-hydrogen) atoms. The standard InChI is InChI=1S/C20H19ClN2O2S/c21-13-7-9-15(10-8-13)26-19-16-5-1-2-6-17(16)23-18(19)20(24)22-12-14-4-3-11-25-14/h1-2,5-10,14,23H,3-4,11-12H2,(H,22,24)/t14-/m0/s1. The Morgan fingerprint density at radius 2 is 2.04 bits per heavy atom. The van der Waals surface area contributed by atoms with Crippen LogP contribution in [0.1, 0.15) is 23.3 Å². The van der Waals surface area contributed by atoms with Crippen molar-refractivity contribution < 1.29 is 9.53 Å². The Morgan fingerprint density at radius 1 is 1.23 bits per heavy atom. The number of ether oxygens (including phenoxy) is 1. The van der Waals surface area contributed by atoms with Crippen LogP contribution in [0.15, 0.2) is 58.3 Å². The molecule has 1 atom stereocenters. The van der Waals surface area contributed by atoms with Gasteiger partial charge in [-0.25, -0.2) is 0 Å². The highest BCUT2D eigenvalue weighted by atomic mass is 35.5. The molecule has 1 aromatic heterocycles. The Morgan fingerprint density at radius 3 is 2.81 bits per heavy atom. The van der Waals surface area contributed by atoms with Crippen LogP contribution in [0.2, 0.25) is 5.02 Å². The molecule has 134 valence electrons. The number of rotatable bonds is 5. The van der Waals surface area contributed by atoms with Crippen LogP contribution in [0.3, 0.4) is 0 Å². The summed E-state index contributed by atoms with van der Waals surface area (Å²) < 4.78 is 5.59. The van der Waals surface area contributed by atoms with Gasteiger partial charge in [-0.3, -0.25) is 4.79 Å². The van der Waals surface area contributed by atoms with E-state index < -0.39 is 0 Å². The Hall–Kier alpha value is -1.95. The third-order valence-corrected chi connectivity index (χ3v) is 5.82. The minimum atomic E-state index is -0.104. The summed E-state index contributed by atoms with van der Waals surface area (Å²) in [5.41, 5.74) is 1.54. The summed E-state index contributed by atoms with van der Waals surface area (Å²) in [6.07, 6.45) is 2.18. The zero-order valence-electron chi connectivity index (χ0n) is 14.1. The number of para-hydroxylation sites is 1. The van der Waals surface area contributed by atoms with Gasteiger partial charge in [0.1, 0.15) is 5.69 Å². The molecular weight excluding hydrogens is 368 g/mol. The van der Waals surface area contributed by atoms with E-state index in [4.69, 9.17) is 16.3 Å². The van der Waals surface area contributed by atoms with Gasteiger partial charge < -0.3 is 15.0 Å². The predicted molar refractivity (Wildman–Crippen MR) is 105 cm³/mol. The van der Waals surface area contributed by atoms with Gasteiger partial charge in [-0.2, -0.15) is 0 Å². The van der Waals surface area contributed by atoms with E-state index in [-0.39, 0.29) is 12.0 Å². The van der Waals surface area contributed by atoms with E-state index in [1.165, 1.54) is 0 Å². The number of amides is 1. The number of hydrogen-bond donors (Lipinski definition) is 2. The van der Waals surface area contributed by atoms with Crippen LogP contribution in [0.5, 0.6) is 0 Å². The lowest BCUT2D eigenvalue weighted by Crippen LogP contribution is -2.32. The van der Waals surface area contributed by atoms with E-state index in [1.807, 2.05) is 48.5 Å². The molecule has 6 heteroatoms. The van der Waals surface area contributed by atoms with Crippen molar-refractivity contribution in [3.05, 3.63) is 59.2 Å². The van der Waals surface area contributed by atoms with Crippen molar-refractivity contribution >= 4 is 40.2 Å².